The van der Waals surface area contributed by atoms with Gasteiger partial charge in [-0.05, 0) is 62.1 Å². The van der Waals surface area contributed by atoms with Gasteiger partial charge in [-0.1, -0.05) is 12.1 Å². The van der Waals surface area contributed by atoms with Gasteiger partial charge in [0.2, 0.25) is 5.91 Å². The number of nitrogen functional groups attached to an aromatic ring is 1. The topological polar surface area (TPSA) is 148 Å². The van der Waals surface area contributed by atoms with Gasteiger partial charge in [0.15, 0.2) is 16.9 Å². The Kier molecular flexibility index (Phi) is 7.20. The normalized spacial score (nSPS) is 15.9. The van der Waals surface area contributed by atoms with Crippen LogP contribution in [0, 0.1) is 0 Å². The summed E-state index contributed by atoms with van der Waals surface area (Å²) in [6.07, 6.45) is 6.36. The largest absolute Gasteiger partial charge is 0.423 e. The highest BCUT2D eigenvalue weighted by molar-refractivity contribution is 7.13. The molecule has 12 nitrogen and oxygen atoms in total. The number of nitrogens with zero attached hydrogens (tertiary/aromatic N) is 7. The molecule has 2 amide bonds. The van der Waals surface area contributed by atoms with E-state index in [2.05, 4.69) is 25.4 Å². The summed E-state index contributed by atoms with van der Waals surface area (Å²) >= 11 is 1.63. The zero-order chi connectivity index (χ0) is 28.5. The van der Waals surface area contributed by atoms with Crippen molar-refractivity contribution in [2.24, 2.45) is 0 Å². The van der Waals surface area contributed by atoms with Crippen molar-refractivity contribution in [2.75, 3.05) is 44.8 Å². The number of thiophene rings is 1. The fourth-order valence-electron chi connectivity index (χ4n) is 4.97. The van der Waals surface area contributed by atoms with E-state index in [1.54, 1.807) is 27.0 Å². The predicted octanol–water partition coefficient (Wildman–Crippen LogP) is 3.81. The third-order valence-electron chi connectivity index (χ3n) is 6.93. The molecule has 1 fully saturated rings. The second-order valence-corrected chi connectivity index (χ2v) is 11.1. The zero-order valence-electron chi connectivity index (χ0n) is 22.6. The molecule has 0 bridgehead atoms. The van der Waals surface area contributed by atoms with Crippen LogP contribution in [0.5, 0.6) is 0 Å². The van der Waals surface area contributed by atoms with Gasteiger partial charge in [-0.3, -0.25) is 14.9 Å². The smallest absolute Gasteiger partial charge is 0.302 e. The van der Waals surface area contributed by atoms with Crippen molar-refractivity contribution in [3.63, 3.8) is 0 Å². The first-order chi connectivity index (χ1) is 19.9. The number of likely N-dealkylation sites (N-methyl/N-ethyl adjacent to an activating group) is 1. The zero-order valence-corrected chi connectivity index (χ0v) is 23.5. The van der Waals surface area contributed by atoms with Gasteiger partial charge in [0, 0.05) is 30.6 Å². The number of nitrogens with one attached hydrogen (secondary N) is 1. The Morgan fingerprint density at radius 3 is 2.95 bits per heavy atom. The van der Waals surface area contributed by atoms with E-state index in [9.17, 15) is 9.59 Å². The third-order valence-corrected chi connectivity index (χ3v) is 7.85. The molecule has 1 aliphatic rings. The lowest BCUT2D eigenvalue weighted by Gasteiger charge is -2.32. The first-order valence-corrected chi connectivity index (χ1v) is 14.1. The Bertz CT molecular complexity index is 1760. The quantitative estimate of drug-likeness (QED) is 0.278. The van der Waals surface area contributed by atoms with Crippen molar-refractivity contribution in [1.82, 2.24) is 34.5 Å². The van der Waals surface area contributed by atoms with E-state index in [-0.39, 0.29) is 29.5 Å². The molecule has 0 unspecified atom stereocenters. The lowest BCUT2D eigenvalue weighted by atomic mass is 10.1. The fraction of sp³-hybridized carbons (Fsp3) is 0.286. The minimum atomic E-state index is -0.546. The predicted molar refractivity (Wildman–Crippen MR) is 158 cm³/mol. The Hall–Kier alpha value is -4.62. The number of anilines is 2. The number of hydrogen-bond donors (Lipinski definition) is 2. The summed E-state index contributed by atoms with van der Waals surface area (Å²) in [4.78, 5) is 44.1. The molecule has 4 aromatic heterocycles. The molecular weight excluding hydrogens is 542 g/mol. The summed E-state index contributed by atoms with van der Waals surface area (Å²) in [6, 6.07) is 9.58. The first kappa shape index (κ1) is 26.6. The Morgan fingerprint density at radius 1 is 1.27 bits per heavy atom. The van der Waals surface area contributed by atoms with Crippen LogP contribution in [0.1, 0.15) is 29.4 Å². The van der Waals surface area contributed by atoms with Crippen molar-refractivity contribution in [3.05, 3.63) is 59.9 Å². The molecule has 3 N–H and O–H groups in total. The molecule has 210 valence electrons. The lowest BCUT2D eigenvalue weighted by molar-refractivity contribution is -0.127. The monoisotopic (exact) mass is 571 g/mol. The fourth-order valence-corrected chi connectivity index (χ4v) is 5.69. The summed E-state index contributed by atoms with van der Waals surface area (Å²) in [7, 11) is 3.89. The Balaban J connectivity index is 1.26. The Morgan fingerprint density at radius 2 is 2.15 bits per heavy atom. The average Bonchev–Trinajstić information content (AvgIpc) is 3.71. The molecule has 0 aliphatic carbocycles. The average molecular weight is 572 g/mol. The SMILES string of the molecule is CN(C)CC=CC(=O)N1CCC[C@@H](n2nc(C(=O)Nc3nc4cc(-c5cccs5)ccc4o3)c3c(N)ncnc32)C1. The number of benzene rings is 1. The number of carbonyl (C=O) groups excluding carboxylic acids is 2. The van der Waals surface area contributed by atoms with Crippen molar-refractivity contribution >= 4 is 57.1 Å². The number of rotatable bonds is 7. The van der Waals surface area contributed by atoms with Crippen molar-refractivity contribution < 1.29 is 14.0 Å². The minimum Gasteiger partial charge on any atom is -0.423 e. The minimum absolute atomic E-state index is 0.0467. The van der Waals surface area contributed by atoms with Gasteiger partial charge in [0.05, 0.1) is 11.4 Å². The Labute approximate surface area is 239 Å². The van der Waals surface area contributed by atoms with Gasteiger partial charge < -0.3 is 20.0 Å². The van der Waals surface area contributed by atoms with Crippen LogP contribution in [0.2, 0.25) is 0 Å². The maximum atomic E-state index is 13.5. The van der Waals surface area contributed by atoms with Crippen LogP contribution in [0.3, 0.4) is 0 Å². The van der Waals surface area contributed by atoms with E-state index in [1.165, 1.54) is 6.33 Å². The molecule has 0 radical (unpaired) electrons. The first-order valence-electron chi connectivity index (χ1n) is 13.2. The summed E-state index contributed by atoms with van der Waals surface area (Å²) in [6.45, 7) is 1.76. The highest BCUT2D eigenvalue weighted by Gasteiger charge is 2.30. The highest BCUT2D eigenvalue weighted by Crippen LogP contribution is 2.31. The van der Waals surface area contributed by atoms with E-state index in [1.807, 2.05) is 60.8 Å². The van der Waals surface area contributed by atoms with Gasteiger partial charge >= 0.3 is 6.01 Å². The second kappa shape index (κ2) is 11.1. The number of carbonyl (C=O) groups is 2. The summed E-state index contributed by atoms with van der Waals surface area (Å²) in [5.74, 6) is -0.464. The third kappa shape index (κ3) is 5.41. The van der Waals surface area contributed by atoms with Crippen molar-refractivity contribution in [2.45, 2.75) is 18.9 Å². The number of aromatic nitrogens is 5. The molecule has 5 aromatic rings. The number of amides is 2. The molecule has 1 aromatic carbocycles. The van der Waals surface area contributed by atoms with Crippen LogP contribution in [0.25, 0.3) is 32.6 Å². The van der Waals surface area contributed by atoms with Gasteiger partial charge in [-0.25, -0.2) is 14.6 Å². The summed E-state index contributed by atoms with van der Waals surface area (Å²) in [5.41, 5.74) is 8.89. The van der Waals surface area contributed by atoms with Crippen LogP contribution >= 0.6 is 11.3 Å². The maximum Gasteiger partial charge on any atom is 0.302 e. The van der Waals surface area contributed by atoms with E-state index in [0.717, 1.165) is 23.3 Å². The molecule has 13 heteroatoms. The molecule has 41 heavy (non-hydrogen) atoms. The number of fused-ring (bicyclic) bond motifs is 2. The maximum absolute atomic E-state index is 13.5. The molecule has 0 saturated carbocycles. The van der Waals surface area contributed by atoms with E-state index in [0.29, 0.717) is 41.8 Å². The van der Waals surface area contributed by atoms with E-state index < -0.39 is 5.91 Å². The molecule has 1 atom stereocenters. The number of hydrogen-bond acceptors (Lipinski definition) is 10. The number of nitrogens with two attached hydrogens (primary N) is 1. The molecule has 5 heterocycles. The molecule has 6 rings (SSSR count). The van der Waals surface area contributed by atoms with Crippen LogP contribution in [0.15, 0.2) is 58.6 Å². The number of oxazole rings is 1. The van der Waals surface area contributed by atoms with Gasteiger partial charge in [0.25, 0.3) is 5.91 Å². The van der Waals surface area contributed by atoms with Gasteiger partial charge in [-0.15, -0.1) is 11.3 Å². The van der Waals surface area contributed by atoms with Gasteiger partial charge in [0.1, 0.15) is 17.7 Å². The molecule has 0 spiro atoms. The van der Waals surface area contributed by atoms with Gasteiger partial charge in [-0.2, -0.15) is 10.1 Å². The lowest BCUT2D eigenvalue weighted by Crippen LogP contribution is -2.40. The number of likely N-dealkylation sites (tertiary alicyclic amines) is 1. The van der Waals surface area contributed by atoms with Crippen molar-refractivity contribution in [1.29, 1.82) is 0 Å². The van der Waals surface area contributed by atoms with Crippen LogP contribution in [-0.4, -0.2) is 80.1 Å². The molecule has 1 saturated heterocycles. The van der Waals surface area contributed by atoms with Crippen molar-refractivity contribution in [3.8, 4) is 10.4 Å². The molecule has 1 aliphatic heterocycles. The second-order valence-electron chi connectivity index (χ2n) is 10.1. The summed E-state index contributed by atoms with van der Waals surface area (Å²) < 4.78 is 7.48. The van der Waals surface area contributed by atoms with E-state index >= 15 is 0 Å². The number of piperidine rings is 1. The molecular formula is C28H29N9O3S. The summed E-state index contributed by atoms with van der Waals surface area (Å²) in [5, 5.41) is 9.72. The standard InChI is InChI=1S/C28H29N9O3S/c1-35(2)11-4-8-22(38)36-12-3-6-18(15-36)37-26-23(25(29)30-16-31-26)24(34-37)27(39)33-28-32-19-14-17(9-10-20(19)40-28)21-7-5-13-41-21/h4-5,7-10,13-14,16,18H,3,6,11-12,15H2,1-2H3,(H2,29,30,31)(H,32,33,39)/t18-/m1/s1. The van der Waals surface area contributed by atoms with E-state index in [4.69, 9.17) is 10.2 Å². The van der Waals surface area contributed by atoms with Crippen LogP contribution in [0.4, 0.5) is 11.8 Å². The van der Waals surface area contributed by atoms with Crippen LogP contribution < -0.4 is 11.1 Å². The van der Waals surface area contributed by atoms with Crippen LogP contribution in [-0.2, 0) is 4.79 Å². The highest BCUT2D eigenvalue weighted by atomic mass is 32.1.